The van der Waals surface area contributed by atoms with E-state index in [2.05, 4.69) is 5.32 Å². The molecule has 3 aromatic carbocycles. The van der Waals surface area contributed by atoms with Crippen molar-refractivity contribution in [2.45, 2.75) is 20.0 Å². The molecule has 7 nitrogen and oxygen atoms in total. The van der Waals surface area contributed by atoms with Crippen LogP contribution in [-0.2, 0) is 22.6 Å². The van der Waals surface area contributed by atoms with E-state index in [1.54, 1.807) is 42.5 Å². The van der Waals surface area contributed by atoms with Crippen molar-refractivity contribution in [3.05, 3.63) is 93.3 Å². The second kappa shape index (κ2) is 12.0. The topological polar surface area (TPSA) is 84.9 Å². The third-order valence-corrected chi connectivity index (χ3v) is 6.92. The van der Waals surface area contributed by atoms with Crippen LogP contribution in [0.5, 0.6) is 11.5 Å². The largest absolute Gasteiger partial charge is 0.493 e. The van der Waals surface area contributed by atoms with Gasteiger partial charge in [0.15, 0.2) is 11.5 Å². The molecule has 0 aliphatic carbocycles. The van der Waals surface area contributed by atoms with Crippen LogP contribution in [0, 0.1) is 0 Å². The number of halogens is 1. The highest BCUT2D eigenvalue weighted by atomic mass is 35.5. The maximum absolute atomic E-state index is 12.9. The average molecular weight is 537 g/mol. The molecule has 1 fully saturated rings. The third kappa shape index (κ3) is 6.53. The Bertz CT molecular complexity index is 1360. The molecule has 9 heteroatoms. The van der Waals surface area contributed by atoms with Crippen molar-refractivity contribution in [2.75, 3.05) is 19.0 Å². The Balaban J connectivity index is 1.41. The van der Waals surface area contributed by atoms with Crippen LogP contribution in [0.4, 0.5) is 10.5 Å². The van der Waals surface area contributed by atoms with Gasteiger partial charge >= 0.3 is 0 Å². The second-order valence-corrected chi connectivity index (χ2v) is 9.56. The number of nitrogens with zero attached hydrogens (tertiary/aromatic N) is 1. The Morgan fingerprint density at radius 3 is 2.51 bits per heavy atom. The fraction of sp³-hybridized carbons (Fsp3) is 0.179. The number of benzene rings is 3. The number of aryl methyl sites for hydroxylation is 1. The van der Waals surface area contributed by atoms with Crippen LogP contribution >= 0.6 is 23.4 Å². The number of carbonyl (C=O) groups is 3. The smallest absolute Gasteiger partial charge is 0.294 e. The summed E-state index contributed by atoms with van der Waals surface area (Å²) in [6, 6.07) is 20.0. The van der Waals surface area contributed by atoms with E-state index in [4.69, 9.17) is 21.1 Å². The summed E-state index contributed by atoms with van der Waals surface area (Å²) in [6.45, 7) is 1.94. The summed E-state index contributed by atoms with van der Waals surface area (Å²) in [5.74, 6) is 0.00352. The molecule has 0 saturated carbocycles. The van der Waals surface area contributed by atoms with Crippen LogP contribution in [0.3, 0.4) is 0 Å². The zero-order valence-corrected chi connectivity index (χ0v) is 21.9. The molecular formula is C28H25ClN2O5S. The van der Waals surface area contributed by atoms with Gasteiger partial charge in [-0.05, 0) is 65.7 Å². The van der Waals surface area contributed by atoms with E-state index in [1.807, 2.05) is 37.3 Å². The summed E-state index contributed by atoms with van der Waals surface area (Å²) in [4.78, 5) is 39.0. The maximum Gasteiger partial charge on any atom is 0.294 e. The Kier molecular flexibility index (Phi) is 8.53. The minimum Gasteiger partial charge on any atom is -0.493 e. The molecule has 1 aliphatic rings. The summed E-state index contributed by atoms with van der Waals surface area (Å²) in [7, 11) is 1.52. The molecule has 1 N–H and O–H groups in total. The van der Waals surface area contributed by atoms with E-state index in [0.29, 0.717) is 27.8 Å². The van der Waals surface area contributed by atoms with Gasteiger partial charge in [-0.2, -0.15) is 0 Å². The van der Waals surface area contributed by atoms with E-state index < -0.39 is 17.1 Å². The van der Waals surface area contributed by atoms with Gasteiger partial charge in [0.1, 0.15) is 13.2 Å². The number of ether oxygens (including phenoxy) is 2. The summed E-state index contributed by atoms with van der Waals surface area (Å²) in [5.41, 5.74) is 3.23. The van der Waals surface area contributed by atoms with Gasteiger partial charge in [-0.15, -0.1) is 0 Å². The zero-order valence-electron chi connectivity index (χ0n) is 20.3. The molecule has 1 aliphatic heterocycles. The van der Waals surface area contributed by atoms with Crippen molar-refractivity contribution in [1.82, 2.24) is 4.90 Å². The van der Waals surface area contributed by atoms with Gasteiger partial charge in [-0.3, -0.25) is 19.3 Å². The monoisotopic (exact) mass is 536 g/mol. The first-order valence-corrected chi connectivity index (χ1v) is 12.8. The van der Waals surface area contributed by atoms with Crippen molar-refractivity contribution < 1.29 is 23.9 Å². The van der Waals surface area contributed by atoms with Crippen molar-refractivity contribution in [2.24, 2.45) is 0 Å². The number of hydrogen-bond donors (Lipinski definition) is 1. The number of carbonyl (C=O) groups excluding carboxylic acids is 3. The normalized spacial score (nSPS) is 14.2. The number of hydrogen-bond acceptors (Lipinski definition) is 6. The van der Waals surface area contributed by atoms with Gasteiger partial charge in [-0.1, -0.05) is 54.9 Å². The van der Waals surface area contributed by atoms with Gasteiger partial charge in [-0.25, -0.2) is 0 Å². The molecular weight excluding hydrogens is 512 g/mol. The van der Waals surface area contributed by atoms with Gasteiger partial charge < -0.3 is 14.8 Å². The van der Waals surface area contributed by atoms with E-state index in [-0.39, 0.29) is 18.1 Å². The van der Waals surface area contributed by atoms with Crippen LogP contribution < -0.4 is 14.8 Å². The first-order chi connectivity index (χ1) is 17.9. The predicted molar refractivity (Wildman–Crippen MR) is 146 cm³/mol. The number of amides is 3. The quantitative estimate of drug-likeness (QED) is 0.329. The molecule has 1 heterocycles. The Labute approximate surface area is 224 Å². The first-order valence-electron chi connectivity index (χ1n) is 11.6. The number of imide groups is 1. The molecule has 190 valence electrons. The minimum absolute atomic E-state index is 0.219. The van der Waals surface area contributed by atoms with Crippen molar-refractivity contribution in [3.8, 4) is 11.5 Å². The standard InChI is InChI=1S/C28H25ClN2O5S/c1-3-18-8-11-21(12-9-18)30-26(32)16-31-27(33)25(37-28(31)34)15-19-10-13-23(24(14-19)35-2)36-17-20-6-4-5-7-22(20)29/h4-15H,3,16-17H2,1-2H3,(H,30,32)/b25-15+. The van der Waals surface area contributed by atoms with Crippen LogP contribution in [0.1, 0.15) is 23.6 Å². The van der Waals surface area contributed by atoms with Crippen molar-refractivity contribution in [3.63, 3.8) is 0 Å². The maximum atomic E-state index is 12.9. The fourth-order valence-corrected chi connectivity index (χ4v) is 4.65. The summed E-state index contributed by atoms with van der Waals surface area (Å²) in [5, 5.41) is 2.83. The van der Waals surface area contributed by atoms with Gasteiger partial charge in [0.25, 0.3) is 11.1 Å². The van der Waals surface area contributed by atoms with Gasteiger partial charge in [0.05, 0.1) is 12.0 Å². The molecule has 1 saturated heterocycles. The van der Waals surface area contributed by atoms with Gasteiger partial charge in [0.2, 0.25) is 5.91 Å². The zero-order chi connectivity index (χ0) is 26.4. The molecule has 37 heavy (non-hydrogen) atoms. The number of thioether (sulfide) groups is 1. The summed E-state index contributed by atoms with van der Waals surface area (Å²) < 4.78 is 11.3. The number of methoxy groups -OCH3 is 1. The van der Waals surface area contributed by atoms with E-state index in [1.165, 1.54) is 7.11 Å². The van der Waals surface area contributed by atoms with E-state index in [9.17, 15) is 14.4 Å². The number of anilines is 1. The Morgan fingerprint density at radius 1 is 1.05 bits per heavy atom. The predicted octanol–water partition coefficient (Wildman–Crippen LogP) is 6.17. The molecule has 4 rings (SSSR count). The number of rotatable bonds is 9. The highest BCUT2D eigenvalue weighted by Crippen LogP contribution is 2.35. The molecule has 3 aromatic rings. The SMILES string of the molecule is CCc1ccc(NC(=O)CN2C(=O)S/C(=C/c3ccc(OCc4ccccc4Cl)c(OC)c3)C2=O)cc1. The van der Waals surface area contributed by atoms with Crippen LogP contribution in [0.15, 0.2) is 71.6 Å². The van der Waals surface area contributed by atoms with Gasteiger partial charge in [0, 0.05) is 16.3 Å². The lowest BCUT2D eigenvalue weighted by atomic mass is 10.1. The molecule has 3 amide bonds. The third-order valence-electron chi connectivity index (χ3n) is 5.65. The average Bonchev–Trinajstić information content (AvgIpc) is 3.16. The van der Waals surface area contributed by atoms with Crippen LogP contribution in [0.25, 0.3) is 6.08 Å². The summed E-state index contributed by atoms with van der Waals surface area (Å²) >= 11 is 6.98. The van der Waals surface area contributed by atoms with Crippen molar-refractivity contribution >= 4 is 52.2 Å². The molecule has 0 radical (unpaired) electrons. The first kappa shape index (κ1) is 26.3. The van der Waals surface area contributed by atoms with E-state index in [0.717, 1.165) is 34.2 Å². The Morgan fingerprint density at radius 2 is 1.81 bits per heavy atom. The minimum atomic E-state index is -0.524. The van der Waals surface area contributed by atoms with Crippen LogP contribution in [-0.4, -0.2) is 35.6 Å². The molecule has 0 aromatic heterocycles. The molecule has 0 unspecified atom stereocenters. The lowest BCUT2D eigenvalue weighted by molar-refractivity contribution is -0.127. The second-order valence-electron chi connectivity index (χ2n) is 8.16. The fourth-order valence-electron chi connectivity index (χ4n) is 3.62. The highest BCUT2D eigenvalue weighted by Gasteiger charge is 2.36. The lowest BCUT2D eigenvalue weighted by Crippen LogP contribution is -2.36. The lowest BCUT2D eigenvalue weighted by Gasteiger charge is -2.13. The van der Waals surface area contributed by atoms with Crippen molar-refractivity contribution in [1.29, 1.82) is 0 Å². The molecule has 0 atom stereocenters. The Hall–Kier alpha value is -3.75. The van der Waals surface area contributed by atoms with Crippen LogP contribution in [0.2, 0.25) is 5.02 Å². The molecule has 0 spiro atoms. The highest BCUT2D eigenvalue weighted by molar-refractivity contribution is 8.18. The summed E-state index contributed by atoms with van der Waals surface area (Å²) in [6.07, 6.45) is 2.48. The molecule has 0 bridgehead atoms. The number of nitrogens with one attached hydrogen (secondary N) is 1. The van der Waals surface area contributed by atoms with E-state index >= 15 is 0 Å².